The summed E-state index contributed by atoms with van der Waals surface area (Å²) in [5.41, 5.74) is 1.15. The molecule has 0 saturated carbocycles. The molecule has 0 radical (unpaired) electrons. The molecular weight excluding hydrogens is 254 g/mol. The van der Waals surface area contributed by atoms with Gasteiger partial charge in [-0.15, -0.1) is 0 Å². The van der Waals surface area contributed by atoms with Crippen LogP contribution in [0.4, 0.5) is 0 Å². The number of benzene rings is 1. The molecule has 3 rings (SSSR count). The minimum atomic E-state index is 0.362. The molecule has 1 aliphatic rings. The molecule has 106 valence electrons. The fourth-order valence-electron chi connectivity index (χ4n) is 2.49. The number of nitrogens with zero attached hydrogens (tertiary/aromatic N) is 2. The highest BCUT2D eigenvalue weighted by molar-refractivity contribution is 5.28. The van der Waals surface area contributed by atoms with Crippen LogP contribution in [-0.4, -0.2) is 30.3 Å². The molecule has 20 heavy (non-hydrogen) atoms. The summed E-state index contributed by atoms with van der Waals surface area (Å²) in [6, 6.07) is 7.94. The summed E-state index contributed by atoms with van der Waals surface area (Å²) in [5, 5.41) is 7.45. The number of aromatic nitrogens is 2. The van der Waals surface area contributed by atoms with Crippen molar-refractivity contribution in [3.63, 3.8) is 0 Å². The predicted octanol–water partition coefficient (Wildman–Crippen LogP) is 2.14. The molecule has 2 heterocycles. The summed E-state index contributed by atoms with van der Waals surface area (Å²) < 4.78 is 10.5. The Kier molecular flexibility index (Phi) is 3.97. The monoisotopic (exact) mass is 273 g/mol. The molecule has 2 aromatic rings. The molecule has 0 amide bonds. The normalized spacial score (nSPS) is 18.9. The lowest BCUT2D eigenvalue weighted by molar-refractivity contribution is 0.320. The maximum absolute atomic E-state index is 5.40. The van der Waals surface area contributed by atoms with E-state index in [-0.39, 0.29) is 0 Å². The third-order valence-electron chi connectivity index (χ3n) is 3.65. The first-order valence-corrected chi connectivity index (χ1v) is 7.01. The van der Waals surface area contributed by atoms with E-state index in [2.05, 4.69) is 15.5 Å². The van der Waals surface area contributed by atoms with Crippen LogP contribution in [0.3, 0.4) is 0 Å². The SMILES string of the molecule is COc1ccc(Cc2noc([C@@H]3CCCNC3)n2)cc1. The summed E-state index contributed by atoms with van der Waals surface area (Å²) in [7, 11) is 1.67. The molecule has 1 saturated heterocycles. The van der Waals surface area contributed by atoms with Crippen LogP contribution >= 0.6 is 0 Å². The van der Waals surface area contributed by atoms with Crippen LogP contribution in [0.2, 0.25) is 0 Å². The van der Waals surface area contributed by atoms with Gasteiger partial charge in [-0.05, 0) is 37.1 Å². The Morgan fingerprint density at radius 1 is 1.35 bits per heavy atom. The molecule has 1 fully saturated rings. The van der Waals surface area contributed by atoms with Crippen LogP contribution < -0.4 is 10.1 Å². The number of piperidine rings is 1. The second-order valence-corrected chi connectivity index (χ2v) is 5.12. The van der Waals surface area contributed by atoms with Crippen molar-refractivity contribution < 1.29 is 9.26 Å². The summed E-state index contributed by atoms with van der Waals surface area (Å²) in [5.74, 6) is 2.73. The number of methoxy groups -OCH3 is 1. The van der Waals surface area contributed by atoms with Crippen LogP contribution in [0.5, 0.6) is 5.75 Å². The van der Waals surface area contributed by atoms with Gasteiger partial charge in [0.05, 0.1) is 13.0 Å². The number of hydrogen-bond donors (Lipinski definition) is 1. The average molecular weight is 273 g/mol. The first-order valence-electron chi connectivity index (χ1n) is 7.01. The van der Waals surface area contributed by atoms with E-state index in [0.29, 0.717) is 12.3 Å². The van der Waals surface area contributed by atoms with Crippen LogP contribution in [0.15, 0.2) is 28.8 Å². The lowest BCUT2D eigenvalue weighted by Gasteiger charge is -2.18. The number of rotatable bonds is 4. The maximum atomic E-state index is 5.40. The molecular formula is C15H19N3O2. The third-order valence-corrected chi connectivity index (χ3v) is 3.65. The van der Waals surface area contributed by atoms with Crippen LogP contribution in [-0.2, 0) is 6.42 Å². The fraction of sp³-hybridized carbons (Fsp3) is 0.467. The molecule has 5 heteroatoms. The summed E-state index contributed by atoms with van der Waals surface area (Å²) in [6.45, 7) is 2.02. The molecule has 0 bridgehead atoms. The highest BCUT2D eigenvalue weighted by Crippen LogP contribution is 2.22. The van der Waals surface area contributed by atoms with Gasteiger partial charge in [0.1, 0.15) is 5.75 Å². The van der Waals surface area contributed by atoms with Crippen molar-refractivity contribution in [2.75, 3.05) is 20.2 Å². The van der Waals surface area contributed by atoms with Gasteiger partial charge in [0.2, 0.25) is 5.89 Å². The Morgan fingerprint density at radius 3 is 2.90 bits per heavy atom. The zero-order valence-electron chi connectivity index (χ0n) is 11.6. The summed E-state index contributed by atoms with van der Waals surface area (Å²) in [4.78, 5) is 4.52. The molecule has 0 aliphatic carbocycles. The molecule has 1 aromatic carbocycles. The van der Waals surface area contributed by atoms with Gasteiger partial charge in [0.15, 0.2) is 5.82 Å². The van der Waals surface area contributed by atoms with Gasteiger partial charge in [-0.1, -0.05) is 17.3 Å². The van der Waals surface area contributed by atoms with E-state index in [1.807, 2.05) is 24.3 Å². The van der Waals surface area contributed by atoms with Gasteiger partial charge in [-0.3, -0.25) is 0 Å². The zero-order valence-corrected chi connectivity index (χ0v) is 11.6. The van der Waals surface area contributed by atoms with Gasteiger partial charge in [0, 0.05) is 13.0 Å². The van der Waals surface area contributed by atoms with Gasteiger partial charge in [-0.25, -0.2) is 0 Å². The largest absolute Gasteiger partial charge is 0.497 e. The van der Waals surface area contributed by atoms with E-state index in [9.17, 15) is 0 Å². The van der Waals surface area contributed by atoms with Crippen molar-refractivity contribution in [3.8, 4) is 5.75 Å². The number of ether oxygens (including phenoxy) is 1. The predicted molar refractivity (Wildman–Crippen MR) is 74.9 cm³/mol. The van der Waals surface area contributed by atoms with Crippen LogP contribution in [0.25, 0.3) is 0 Å². The van der Waals surface area contributed by atoms with E-state index >= 15 is 0 Å². The minimum absolute atomic E-state index is 0.362. The number of nitrogens with one attached hydrogen (secondary N) is 1. The van der Waals surface area contributed by atoms with E-state index in [4.69, 9.17) is 9.26 Å². The van der Waals surface area contributed by atoms with Crippen molar-refractivity contribution in [1.82, 2.24) is 15.5 Å². The second-order valence-electron chi connectivity index (χ2n) is 5.12. The van der Waals surface area contributed by atoms with E-state index < -0.39 is 0 Å². The molecule has 1 atom stereocenters. The standard InChI is InChI=1S/C15H19N3O2/c1-19-13-6-4-11(5-7-13)9-14-17-15(20-18-14)12-3-2-8-16-10-12/h4-7,12,16H,2-3,8-10H2,1H3/t12-/m1/s1. The third kappa shape index (κ3) is 2.99. The van der Waals surface area contributed by atoms with E-state index in [1.54, 1.807) is 7.11 Å². The molecule has 0 spiro atoms. The van der Waals surface area contributed by atoms with Crippen molar-refractivity contribution in [2.24, 2.45) is 0 Å². The first-order chi connectivity index (χ1) is 9.85. The molecule has 1 N–H and O–H groups in total. The first kappa shape index (κ1) is 13.1. The molecule has 1 aromatic heterocycles. The van der Waals surface area contributed by atoms with Gasteiger partial charge in [-0.2, -0.15) is 4.98 Å². The fourth-order valence-corrected chi connectivity index (χ4v) is 2.49. The van der Waals surface area contributed by atoms with Crippen molar-refractivity contribution in [3.05, 3.63) is 41.5 Å². The lowest BCUT2D eigenvalue weighted by Crippen LogP contribution is -2.28. The van der Waals surface area contributed by atoms with Crippen LogP contribution in [0, 0.1) is 0 Å². The Morgan fingerprint density at radius 2 is 2.20 bits per heavy atom. The van der Waals surface area contributed by atoms with Crippen LogP contribution in [0.1, 0.15) is 36.0 Å². The highest BCUT2D eigenvalue weighted by atomic mass is 16.5. The van der Waals surface area contributed by atoms with Crippen molar-refractivity contribution in [2.45, 2.75) is 25.2 Å². The highest BCUT2D eigenvalue weighted by Gasteiger charge is 2.21. The van der Waals surface area contributed by atoms with E-state index in [0.717, 1.165) is 42.5 Å². The van der Waals surface area contributed by atoms with Gasteiger partial charge < -0.3 is 14.6 Å². The quantitative estimate of drug-likeness (QED) is 0.924. The number of hydrogen-bond acceptors (Lipinski definition) is 5. The zero-order chi connectivity index (χ0) is 13.8. The topological polar surface area (TPSA) is 60.2 Å². The Labute approximate surface area is 118 Å². The minimum Gasteiger partial charge on any atom is -0.497 e. The lowest BCUT2D eigenvalue weighted by atomic mass is 10.00. The molecule has 0 unspecified atom stereocenters. The van der Waals surface area contributed by atoms with Gasteiger partial charge in [0.25, 0.3) is 0 Å². The van der Waals surface area contributed by atoms with Gasteiger partial charge >= 0.3 is 0 Å². The second kappa shape index (κ2) is 6.05. The Bertz CT molecular complexity index is 545. The smallest absolute Gasteiger partial charge is 0.231 e. The average Bonchev–Trinajstić information content (AvgIpc) is 2.97. The maximum Gasteiger partial charge on any atom is 0.231 e. The van der Waals surface area contributed by atoms with Crippen molar-refractivity contribution in [1.29, 1.82) is 0 Å². The molecule has 1 aliphatic heterocycles. The Hall–Kier alpha value is -1.88. The molecule has 5 nitrogen and oxygen atoms in total. The Balaban J connectivity index is 1.66. The summed E-state index contributed by atoms with van der Waals surface area (Å²) in [6.07, 6.45) is 2.98. The summed E-state index contributed by atoms with van der Waals surface area (Å²) >= 11 is 0. The van der Waals surface area contributed by atoms with E-state index in [1.165, 1.54) is 6.42 Å². The van der Waals surface area contributed by atoms with Crippen molar-refractivity contribution >= 4 is 0 Å².